The first-order chi connectivity index (χ1) is 8.20. The third-order valence-corrected chi connectivity index (χ3v) is 2.54. The number of hydrogen-bond donors (Lipinski definition) is 3. The maximum atomic E-state index is 5.77. The number of nitrogens with two attached hydrogens (primary N) is 2. The summed E-state index contributed by atoms with van der Waals surface area (Å²) in [4.78, 5) is 7.86. The number of aromatic nitrogens is 2. The molecule has 0 spiro atoms. The summed E-state index contributed by atoms with van der Waals surface area (Å²) in [7, 11) is 0. The molecule has 0 radical (unpaired) electrons. The molecule has 0 aliphatic rings. The number of hydrogen-bond acceptors (Lipinski definition) is 5. The van der Waals surface area contributed by atoms with Crippen molar-refractivity contribution in [1.29, 1.82) is 0 Å². The molecular weight excluding hydrogens is 214 g/mol. The summed E-state index contributed by atoms with van der Waals surface area (Å²) in [6, 6.07) is 8.08. The van der Waals surface area contributed by atoms with Gasteiger partial charge in [0.25, 0.3) is 0 Å². The average Bonchev–Trinajstić information content (AvgIpc) is 2.36. The summed E-state index contributed by atoms with van der Waals surface area (Å²) in [5, 5.41) is 3.11. The molecule has 0 aliphatic heterocycles. The van der Waals surface area contributed by atoms with Crippen molar-refractivity contribution in [3.8, 4) is 0 Å². The predicted molar refractivity (Wildman–Crippen MR) is 70.0 cm³/mol. The Morgan fingerprint density at radius 1 is 1.12 bits per heavy atom. The van der Waals surface area contributed by atoms with Crippen LogP contribution >= 0.6 is 0 Å². The number of nitrogen functional groups attached to an aromatic ring is 2. The van der Waals surface area contributed by atoms with E-state index in [9.17, 15) is 0 Å². The van der Waals surface area contributed by atoms with Crippen LogP contribution in [0.5, 0.6) is 0 Å². The van der Waals surface area contributed by atoms with Crippen molar-refractivity contribution in [2.24, 2.45) is 0 Å². The Morgan fingerprint density at radius 3 is 2.47 bits per heavy atom. The van der Waals surface area contributed by atoms with Gasteiger partial charge in [0.2, 0.25) is 0 Å². The number of nitrogens with one attached hydrogen (secondary N) is 1. The van der Waals surface area contributed by atoms with Gasteiger partial charge in [-0.3, -0.25) is 0 Å². The molecule has 88 valence electrons. The minimum Gasteiger partial charge on any atom is -0.393 e. The van der Waals surface area contributed by atoms with Gasteiger partial charge in [-0.05, 0) is 24.1 Å². The van der Waals surface area contributed by atoms with Gasteiger partial charge in [-0.1, -0.05) is 19.1 Å². The van der Waals surface area contributed by atoms with Crippen LogP contribution in [0.1, 0.15) is 12.5 Å². The van der Waals surface area contributed by atoms with Crippen molar-refractivity contribution in [3.63, 3.8) is 0 Å². The van der Waals surface area contributed by atoms with Crippen molar-refractivity contribution >= 4 is 23.0 Å². The van der Waals surface area contributed by atoms with Gasteiger partial charge in [-0.2, -0.15) is 0 Å². The topological polar surface area (TPSA) is 89.8 Å². The molecule has 0 bridgehead atoms. The van der Waals surface area contributed by atoms with Crippen molar-refractivity contribution in [3.05, 3.63) is 36.2 Å². The highest BCUT2D eigenvalue weighted by Gasteiger charge is 2.04. The maximum absolute atomic E-state index is 5.77. The van der Waals surface area contributed by atoms with Crippen LogP contribution in [-0.4, -0.2) is 9.97 Å². The fourth-order valence-electron chi connectivity index (χ4n) is 1.47. The van der Waals surface area contributed by atoms with E-state index in [1.165, 1.54) is 11.9 Å². The zero-order chi connectivity index (χ0) is 12.3. The highest BCUT2D eigenvalue weighted by Crippen LogP contribution is 2.23. The quantitative estimate of drug-likeness (QED) is 0.748. The fourth-order valence-corrected chi connectivity index (χ4v) is 1.47. The van der Waals surface area contributed by atoms with Gasteiger partial charge in [-0.25, -0.2) is 9.97 Å². The third kappa shape index (κ3) is 2.44. The summed E-state index contributed by atoms with van der Waals surface area (Å²) < 4.78 is 0. The van der Waals surface area contributed by atoms with Gasteiger partial charge in [0.15, 0.2) is 11.6 Å². The molecule has 1 aromatic heterocycles. The van der Waals surface area contributed by atoms with E-state index in [2.05, 4.69) is 34.3 Å². The summed E-state index contributed by atoms with van der Waals surface area (Å²) in [5.74, 6) is 0.814. The second-order valence-corrected chi connectivity index (χ2v) is 3.70. The summed E-state index contributed by atoms with van der Waals surface area (Å²) >= 11 is 0. The molecule has 2 rings (SSSR count). The average molecular weight is 229 g/mol. The van der Waals surface area contributed by atoms with E-state index in [0.717, 1.165) is 12.1 Å². The lowest BCUT2D eigenvalue weighted by molar-refractivity contribution is 1.14. The first-order valence-electron chi connectivity index (χ1n) is 5.42. The molecule has 0 unspecified atom stereocenters. The smallest absolute Gasteiger partial charge is 0.159 e. The molecule has 0 aliphatic carbocycles. The first kappa shape index (κ1) is 11.2. The molecule has 0 saturated carbocycles. The van der Waals surface area contributed by atoms with E-state index in [1.807, 2.05) is 12.1 Å². The van der Waals surface area contributed by atoms with Crippen LogP contribution in [0.25, 0.3) is 0 Å². The lowest BCUT2D eigenvalue weighted by atomic mass is 10.1. The zero-order valence-electron chi connectivity index (χ0n) is 9.64. The molecule has 5 heteroatoms. The van der Waals surface area contributed by atoms with Crippen molar-refractivity contribution in [2.45, 2.75) is 13.3 Å². The second-order valence-electron chi connectivity index (χ2n) is 3.70. The molecule has 2 aromatic rings. The molecule has 0 saturated heterocycles. The lowest BCUT2D eigenvalue weighted by Gasteiger charge is -2.09. The summed E-state index contributed by atoms with van der Waals surface area (Å²) in [6.45, 7) is 2.12. The summed E-state index contributed by atoms with van der Waals surface area (Å²) in [6.07, 6.45) is 2.40. The number of benzene rings is 1. The minimum atomic E-state index is 0.285. The van der Waals surface area contributed by atoms with Crippen molar-refractivity contribution < 1.29 is 0 Å². The van der Waals surface area contributed by atoms with E-state index in [-0.39, 0.29) is 5.82 Å². The number of nitrogens with zero attached hydrogens (tertiary/aromatic N) is 2. The Balaban J connectivity index is 2.22. The summed E-state index contributed by atoms with van der Waals surface area (Å²) in [5.41, 5.74) is 14.0. The van der Waals surface area contributed by atoms with Crippen LogP contribution in [0.2, 0.25) is 0 Å². The molecule has 0 fully saturated rings. The molecule has 0 amide bonds. The lowest BCUT2D eigenvalue weighted by Crippen LogP contribution is -2.04. The van der Waals surface area contributed by atoms with E-state index < -0.39 is 0 Å². The third-order valence-electron chi connectivity index (χ3n) is 2.54. The maximum Gasteiger partial charge on any atom is 0.159 e. The van der Waals surface area contributed by atoms with E-state index in [0.29, 0.717) is 11.5 Å². The fraction of sp³-hybridized carbons (Fsp3) is 0.167. The van der Waals surface area contributed by atoms with Crippen LogP contribution < -0.4 is 16.8 Å². The monoisotopic (exact) mass is 229 g/mol. The Labute approximate surface area is 99.9 Å². The van der Waals surface area contributed by atoms with Crippen LogP contribution in [0.3, 0.4) is 0 Å². The van der Waals surface area contributed by atoms with Gasteiger partial charge >= 0.3 is 0 Å². The van der Waals surface area contributed by atoms with E-state index >= 15 is 0 Å². The van der Waals surface area contributed by atoms with Crippen LogP contribution in [0.15, 0.2) is 30.6 Å². The normalized spacial score (nSPS) is 10.2. The molecule has 17 heavy (non-hydrogen) atoms. The van der Waals surface area contributed by atoms with E-state index in [4.69, 9.17) is 11.5 Å². The Bertz CT molecular complexity index is 507. The first-order valence-corrected chi connectivity index (χ1v) is 5.42. The number of rotatable bonds is 3. The van der Waals surface area contributed by atoms with Gasteiger partial charge in [0, 0.05) is 5.69 Å². The van der Waals surface area contributed by atoms with E-state index in [1.54, 1.807) is 0 Å². The predicted octanol–water partition coefficient (Wildman–Crippen LogP) is 1.95. The Hall–Kier alpha value is -2.30. The Morgan fingerprint density at radius 2 is 1.82 bits per heavy atom. The molecule has 0 atom stereocenters. The molecule has 5 nitrogen and oxygen atoms in total. The van der Waals surface area contributed by atoms with Crippen LogP contribution in [0, 0.1) is 0 Å². The van der Waals surface area contributed by atoms with Crippen molar-refractivity contribution in [2.75, 3.05) is 16.8 Å². The highest BCUT2D eigenvalue weighted by molar-refractivity contribution is 5.76. The van der Waals surface area contributed by atoms with Crippen LogP contribution in [0.4, 0.5) is 23.0 Å². The molecule has 1 aromatic carbocycles. The SMILES string of the molecule is CCc1ccc(Nc2ncnc(N)c2N)cc1. The zero-order valence-corrected chi connectivity index (χ0v) is 9.64. The standard InChI is InChI=1S/C12H15N5/c1-2-8-3-5-9(6-4-8)17-12-10(13)11(14)15-7-16-12/h3-7H,2,13H2,1H3,(H3,14,15,16,17). The second kappa shape index (κ2) is 4.69. The van der Waals surface area contributed by atoms with Gasteiger partial charge in [-0.15, -0.1) is 0 Å². The molecular formula is C12H15N5. The van der Waals surface area contributed by atoms with Crippen LogP contribution in [-0.2, 0) is 6.42 Å². The Kier molecular flexibility index (Phi) is 3.09. The molecule has 5 N–H and O–H groups in total. The highest BCUT2D eigenvalue weighted by atomic mass is 15.1. The number of anilines is 4. The van der Waals surface area contributed by atoms with Gasteiger partial charge < -0.3 is 16.8 Å². The van der Waals surface area contributed by atoms with Gasteiger partial charge in [0.1, 0.15) is 12.0 Å². The minimum absolute atomic E-state index is 0.285. The molecule has 1 heterocycles. The van der Waals surface area contributed by atoms with Crippen molar-refractivity contribution in [1.82, 2.24) is 9.97 Å². The largest absolute Gasteiger partial charge is 0.393 e. The van der Waals surface area contributed by atoms with Gasteiger partial charge in [0.05, 0.1) is 0 Å². The number of aryl methyl sites for hydroxylation is 1.